The minimum atomic E-state index is -0.498. The minimum absolute atomic E-state index is 0.219. The van der Waals surface area contributed by atoms with Crippen molar-refractivity contribution >= 4 is 49.8 Å². The van der Waals surface area contributed by atoms with Crippen LogP contribution in [0.3, 0.4) is 0 Å². The van der Waals surface area contributed by atoms with E-state index in [-0.39, 0.29) is 11.6 Å². The van der Waals surface area contributed by atoms with E-state index >= 15 is 0 Å². The predicted octanol–water partition coefficient (Wildman–Crippen LogP) is 5.35. The third kappa shape index (κ3) is 4.42. The van der Waals surface area contributed by atoms with Crippen LogP contribution in [0.1, 0.15) is 24.5 Å². The average molecular weight is 495 g/mol. The summed E-state index contributed by atoms with van der Waals surface area (Å²) in [5.41, 5.74) is 1.68. The number of carbonyl (C=O) groups excluding carboxylic acids is 1. The molecule has 3 rings (SSSR count). The first-order valence-electron chi connectivity index (χ1n) is 8.31. The van der Waals surface area contributed by atoms with Crippen molar-refractivity contribution in [1.82, 2.24) is 0 Å². The van der Waals surface area contributed by atoms with Gasteiger partial charge in [0.15, 0.2) is 17.2 Å². The Morgan fingerprint density at radius 2 is 1.96 bits per heavy atom. The van der Waals surface area contributed by atoms with Crippen molar-refractivity contribution < 1.29 is 19.0 Å². The van der Waals surface area contributed by atoms with Crippen LogP contribution >= 0.6 is 31.9 Å². The highest BCUT2D eigenvalue weighted by Crippen LogP contribution is 2.37. The molecule has 0 bridgehead atoms. The molecule has 0 unspecified atom stereocenters. The Kier molecular flexibility index (Phi) is 6.34. The van der Waals surface area contributed by atoms with Crippen LogP contribution in [0.2, 0.25) is 0 Å². The van der Waals surface area contributed by atoms with Gasteiger partial charge in [0.2, 0.25) is 5.90 Å². The Labute approximate surface area is 174 Å². The van der Waals surface area contributed by atoms with Crippen molar-refractivity contribution in [3.8, 4) is 11.5 Å². The fourth-order valence-electron chi connectivity index (χ4n) is 2.48. The normalized spacial score (nSPS) is 14.9. The van der Waals surface area contributed by atoms with Crippen LogP contribution < -0.4 is 9.47 Å². The molecule has 0 N–H and O–H groups in total. The van der Waals surface area contributed by atoms with Gasteiger partial charge in [-0.2, -0.15) is 0 Å². The molecule has 1 heterocycles. The van der Waals surface area contributed by atoms with Crippen molar-refractivity contribution in [3.63, 3.8) is 0 Å². The second-order valence-electron chi connectivity index (χ2n) is 5.70. The second kappa shape index (κ2) is 8.71. The van der Waals surface area contributed by atoms with Crippen molar-refractivity contribution in [2.24, 2.45) is 4.99 Å². The number of nitrogens with zero attached hydrogens (tertiary/aromatic N) is 1. The van der Waals surface area contributed by atoms with Gasteiger partial charge in [-0.25, -0.2) is 9.79 Å². The Balaban J connectivity index is 1.95. The zero-order valence-corrected chi connectivity index (χ0v) is 18.0. The van der Waals surface area contributed by atoms with Crippen molar-refractivity contribution in [1.29, 1.82) is 0 Å². The number of benzene rings is 2. The van der Waals surface area contributed by atoms with Crippen LogP contribution in [0.4, 0.5) is 0 Å². The molecule has 0 atom stereocenters. The topological polar surface area (TPSA) is 57.1 Å². The molecule has 27 heavy (non-hydrogen) atoms. The smallest absolute Gasteiger partial charge is 0.363 e. The van der Waals surface area contributed by atoms with Crippen LogP contribution in [0, 0.1) is 0 Å². The molecule has 1 aliphatic rings. The summed E-state index contributed by atoms with van der Waals surface area (Å²) in [7, 11) is 1.57. The maximum atomic E-state index is 12.2. The summed E-state index contributed by atoms with van der Waals surface area (Å²) in [4.78, 5) is 16.6. The van der Waals surface area contributed by atoms with E-state index in [0.717, 1.165) is 26.5 Å². The van der Waals surface area contributed by atoms with Crippen molar-refractivity contribution in [2.45, 2.75) is 13.3 Å². The minimum Gasteiger partial charge on any atom is -0.493 e. The molecule has 7 heteroatoms. The number of hydrogen-bond acceptors (Lipinski definition) is 5. The molecular weight excluding hydrogens is 478 g/mol. The van der Waals surface area contributed by atoms with Crippen molar-refractivity contribution in [2.75, 3.05) is 13.7 Å². The lowest BCUT2D eigenvalue weighted by Crippen LogP contribution is -2.05. The van der Waals surface area contributed by atoms with E-state index in [1.807, 2.05) is 37.3 Å². The molecule has 0 fully saturated rings. The van der Waals surface area contributed by atoms with Gasteiger partial charge < -0.3 is 14.2 Å². The predicted molar refractivity (Wildman–Crippen MR) is 111 cm³/mol. The van der Waals surface area contributed by atoms with Gasteiger partial charge in [-0.15, -0.1) is 0 Å². The van der Waals surface area contributed by atoms with E-state index < -0.39 is 5.97 Å². The first-order chi connectivity index (χ1) is 13.0. The van der Waals surface area contributed by atoms with Gasteiger partial charge in [0, 0.05) is 4.47 Å². The number of rotatable bonds is 6. The Morgan fingerprint density at radius 3 is 2.67 bits per heavy atom. The van der Waals surface area contributed by atoms with Crippen molar-refractivity contribution in [3.05, 3.63) is 62.2 Å². The summed E-state index contributed by atoms with van der Waals surface area (Å²) in [6.45, 7) is 2.62. The number of aliphatic imine (C=N–C) groups is 1. The molecule has 0 amide bonds. The second-order valence-corrected chi connectivity index (χ2v) is 7.41. The summed E-state index contributed by atoms with van der Waals surface area (Å²) in [6.07, 6.45) is 2.54. The molecule has 0 aromatic heterocycles. The molecule has 0 aliphatic carbocycles. The molecule has 140 valence electrons. The Morgan fingerprint density at radius 1 is 1.19 bits per heavy atom. The number of ether oxygens (including phenoxy) is 3. The van der Waals surface area contributed by atoms with Crippen LogP contribution in [0.5, 0.6) is 11.5 Å². The van der Waals surface area contributed by atoms with Gasteiger partial charge in [-0.05, 0) is 74.2 Å². The van der Waals surface area contributed by atoms with Gasteiger partial charge in [0.1, 0.15) is 0 Å². The quantitative estimate of drug-likeness (QED) is 0.401. The number of cyclic esters (lactones) is 1. The highest BCUT2D eigenvalue weighted by Gasteiger charge is 2.25. The number of carbonyl (C=O) groups is 1. The van der Waals surface area contributed by atoms with Gasteiger partial charge in [0.25, 0.3) is 0 Å². The lowest BCUT2D eigenvalue weighted by molar-refractivity contribution is -0.129. The monoisotopic (exact) mass is 493 g/mol. The lowest BCUT2D eigenvalue weighted by Gasteiger charge is -2.13. The number of hydrogen-bond donors (Lipinski definition) is 0. The van der Waals surface area contributed by atoms with E-state index in [2.05, 4.69) is 36.9 Å². The molecule has 0 spiro atoms. The van der Waals surface area contributed by atoms with Gasteiger partial charge in [-0.3, -0.25) is 0 Å². The van der Waals surface area contributed by atoms with Gasteiger partial charge in [0.05, 0.1) is 23.8 Å². The fourth-order valence-corrected chi connectivity index (χ4v) is 3.51. The number of esters is 1. The fraction of sp³-hybridized carbons (Fsp3) is 0.200. The molecule has 2 aromatic carbocycles. The largest absolute Gasteiger partial charge is 0.493 e. The zero-order valence-electron chi connectivity index (χ0n) is 14.8. The first kappa shape index (κ1) is 19.6. The van der Waals surface area contributed by atoms with Crippen LogP contribution in [-0.4, -0.2) is 25.6 Å². The zero-order chi connectivity index (χ0) is 19.4. The molecule has 0 radical (unpaired) electrons. The van der Waals surface area contributed by atoms with Crippen LogP contribution in [0.15, 0.2) is 56.0 Å². The molecule has 5 nitrogen and oxygen atoms in total. The van der Waals surface area contributed by atoms with Crippen LogP contribution in [-0.2, 0) is 9.53 Å². The Hall–Kier alpha value is -2.12. The van der Waals surface area contributed by atoms with E-state index in [1.54, 1.807) is 19.3 Å². The summed E-state index contributed by atoms with van der Waals surface area (Å²) in [5.74, 6) is 0.980. The number of halogens is 2. The van der Waals surface area contributed by atoms with E-state index in [0.29, 0.717) is 18.1 Å². The molecule has 0 saturated carbocycles. The molecular formula is C20H17Br2NO4. The maximum Gasteiger partial charge on any atom is 0.363 e. The Bertz CT molecular complexity index is 938. The summed E-state index contributed by atoms with van der Waals surface area (Å²) < 4.78 is 18.0. The summed E-state index contributed by atoms with van der Waals surface area (Å²) in [6, 6.07) is 11.1. The third-order valence-electron chi connectivity index (χ3n) is 3.73. The number of methoxy groups -OCH3 is 1. The molecule has 1 aliphatic heterocycles. The van der Waals surface area contributed by atoms with Gasteiger partial charge in [-0.1, -0.05) is 19.1 Å². The average Bonchev–Trinajstić information content (AvgIpc) is 3.01. The maximum absolute atomic E-state index is 12.2. The first-order valence-corrected chi connectivity index (χ1v) is 9.90. The van der Waals surface area contributed by atoms with Crippen LogP contribution in [0.25, 0.3) is 6.08 Å². The highest BCUT2D eigenvalue weighted by molar-refractivity contribution is 9.10. The lowest BCUT2D eigenvalue weighted by atomic mass is 10.1. The molecule has 0 saturated heterocycles. The van der Waals surface area contributed by atoms with E-state index in [9.17, 15) is 4.79 Å². The molecule has 2 aromatic rings. The van der Waals surface area contributed by atoms with Gasteiger partial charge >= 0.3 is 5.97 Å². The van der Waals surface area contributed by atoms with E-state index in [1.165, 1.54) is 0 Å². The standard InChI is InChI=1S/C20H17Br2NO4/c1-3-8-26-18-15(22)9-12(11-17(18)25-2)10-16-20(24)27-19(23-16)13-6-4-5-7-14(13)21/h4-7,9-11H,3,8H2,1-2H3/b16-10-. The highest BCUT2D eigenvalue weighted by atomic mass is 79.9. The summed E-state index contributed by atoms with van der Waals surface area (Å²) >= 11 is 6.94. The summed E-state index contributed by atoms with van der Waals surface area (Å²) in [5, 5.41) is 0. The third-order valence-corrected chi connectivity index (χ3v) is 5.01. The van der Waals surface area contributed by atoms with E-state index in [4.69, 9.17) is 14.2 Å². The SMILES string of the molecule is CCCOc1c(Br)cc(/C=C2\N=C(c3ccccc3Br)OC2=O)cc1OC.